The van der Waals surface area contributed by atoms with E-state index >= 15 is 0 Å². The van der Waals surface area contributed by atoms with Crippen LogP contribution in [0.5, 0.6) is 0 Å². The van der Waals surface area contributed by atoms with E-state index in [4.69, 9.17) is 0 Å². The zero-order chi connectivity index (χ0) is 13.9. The average molecular weight is 261 g/mol. The van der Waals surface area contributed by atoms with E-state index in [1.807, 2.05) is 32.9 Å². The molecule has 1 amide bonds. The van der Waals surface area contributed by atoms with Crippen molar-refractivity contribution in [2.45, 2.75) is 45.6 Å². The van der Waals surface area contributed by atoms with Gasteiger partial charge >= 0.3 is 0 Å². The topological polar surface area (TPSA) is 45.2 Å². The molecule has 1 aliphatic heterocycles. The van der Waals surface area contributed by atoms with E-state index in [0.29, 0.717) is 5.69 Å². The number of carbonyl (C=O) groups excluding carboxylic acids is 1. The molecular weight excluding hydrogens is 238 g/mol. The van der Waals surface area contributed by atoms with Gasteiger partial charge in [-0.3, -0.25) is 4.79 Å². The summed E-state index contributed by atoms with van der Waals surface area (Å²) in [5.41, 5.74) is 0.262. The average Bonchev–Trinajstić information content (AvgIpc) is 2.38. The van der Waals surface area contributed by atoms with E-state index in [-0.39, 0.29) is 11.4 Å². The number of hydrogen-bond acceptors (Lipinski definition) is 3. The van der Waals surface area contributed by atoms with Gasteiger partial charge in [0.1, 0.15) is 11.5 Å². The first-order valence-corrected chi connectivity index (χ1v) is 7.00. The predicted octanol–water partition coefficient (Wildman–Crippen LogP) is 2.60. The van der Waals surface area contributed by atoms with E-state index in [1.54, 1.807) is 6.07 Å². The maximum atomic E-state index is 12.1. The largest absolute Gasteiger partial charge is 0.357 e. The lowest BCUT2D eigenvalue weighted by Crippen LogP contribution is -2.41. The van der Waals surface area contributed by atoms with Gasteiger partial charge in [0.25, 0.3) is 5.91 Å². The van der Waals surface area contributed by atoms with Crippen molar-refractivity contribution in [3.63, 3.8) is 0 Å². The van der Waals surface area contributed by atoms with Crippen molar-refractivity contribution in [1.29, 1.82) is 0 Å². The summed E-state index contributed by atoms with van der Waals surface area (Å²) in [6, 6.07) is 5.67. The second-order valence-corrected chi connectivity index (χ2v) is 6.13. The molecule has 0 bridgehead atoms. The highest BCUT2D eigenvalue weighted by atomic mass is 16.2. The number of aromatic nitrogens is 1. The van der Waals surface area contributed by atoms with Gasteiger partial charge in [-0.05, 0) is 52.2 Å². The summed E-state index contributed by atoms with van der Waals surface area (Å²) in [7, 11) is 0. The zero-order valence-corrected chi connectivity index (χ0v) is 12.1. The molecule has 104 valence electrons. The molecule has 1 aromatic rings. The molecule has 0 unspecified atom stereocenters. The van der Waals surface area contributed by atoms with Gasteiger partial charge in [-0.1, -0.05) is 6.07 Å². The molecule has 0 aromatic carbocycles. The Hall–Kier alpha value is -1.58. The molecule has 1 saturated heterocycles. The monoisotopic (exact) mass is 261 g/mol. The van der Waals surface area contributed by atoms with Crippen LogP contribution in [-0.4, -0.2) is 29.5 Å². The van der Waals surface area contributed by atoms with E-state index in [0.717, 1.165) is 18.9 Å². The molecule has 4 heteroatoms. The highest BCUT2D eigenvalue weighted by Crippen LogP contribution is 2.17. The fourth-order valence-electron chi connectivity index (χ4n) is 2.25. The molecule has 0 radical (unpaired) electrons. The molecule has 1 aromatic heterocycles. The molecule has 0 atom stereocenters. The van der Waals surface area contributed by atoms with Crippen LogP contribution in [0, 0.1) is 0 Å². The predicted molar refractivity (Wildman–Crippen MR) is 77.5 cm³/mol. The van der Waals surface area contributed by atoms with Crippen molar-refractivity contribution in [3.05, 3.63) is 23.9 Å². The zero-order valence-electron chi connectivity index (χ0n) is 12.1. The third-order valence-corrected chi connectivity index (χ3v) is 3.14. The Morgan fingerprint density at radius 2 is 1.89 bits per heavy atom. The van der Waals surface area contributed by atoms with Gasteiger partial charge in [0.15, 0.2) is 0 Å². The van der Waals surface area contributed by atoms with E-state index in [9.17, 15) is 4.79 Å². The number of piperidine rings is 1. The Labute approximate surface area is 115 Å². The molecule has 2 heterocycles. The fraction of sp³-hybridized carbons (Fsp3) is 0.600. The number of anilines is 1. The Morgan fingerprint density at radius 3 is 2.53 bits per heavy atom. The Bertz CT molecular complexity index is 445. The van der Waals surface area contributed by atoms with Gasteiger partial charge in [0.05, 0.1) is 0 Å². The second-order valence-electron chi connectivity index (χ2n) is 6.13. The van der Waals surface area contributed by atoms with Crippen LogP contribution in [0.3, 0.4) is 0 Å². The smallest absolute Gasteiger partial charge is 0.270 e. The molecule has 19 heavy (non-hydrogen) atoms. The summed E-state index contributed by atoms with van der Waals surface area (Å²) in [6.45, 7) is 7.99. The molecule has 0 aliphatic carbocycles. The number of nitrogens with one attached hydrogen (secondary N) is 1. The summed E-state index contributed by atoms with van der Waals surface area (Å²) in [4.78, 5) is 18.9. The van der Waals surface area contributed by atoms with Crippen molar-refractivity contribution >= 4 is 11.7 Å². The van der Waals surface area contributed by atoms with Crippen LogP contribution < -0.4 is 10.2 Å². The highest BCUT2D eigenvalue weighted by molar-refractivity contribution is 5.93. The highest BCUT2D eigenvalue weighted by Gasteiger charge is 2.18. The first kappa shape index (κ1) is 13.8. The van der Waals surface area contributed by atoms with Crippen molar-refractivity contribution in [3.8, 4) is 0 Å². The summed E-state index contributed by atoms with van der Waals surface area (Å²) < 4.78 is 0. The lowest BCUT2D eigenvalue weighted by molar-refractivity contribution is 0.0914. The van der Waals surface area contributed by atoms with Crippen LogP contribution in [-0.2, 0) is 0 Å². The van der Waals surface area contributed by atoms with Gasteiger partial charge in [0, 0.05) is 18.6 Å². The number of hydrogen-bond donors (Lipinski definition) is 1. The van der Waals surface area contributed by atoms with Crippen LogP contribution in [0.1, 0.15) is 50.5 Å². The Balaban J connectivity index is 2.12. The minimum atomic E-state index is -0.236. The van der Waals surface area contributed by atoms with Crippen LogP contribution in [0.25, 0.3) is 0 Å². The normalized spacial score (nSPS) is 16.3. The summed E-state index contributed by atoms with van der Waals surface area (Å²) in [5, 5.41) is 2.95. The summed E-state index contributed by atoms with van der Waals surface area (Å²) >= 11 is 0. The molecule has 1 N–H and O–H groups in total. The van der Waals surface area contributed by atoms with Crippen LogP contribution in [0.15, 0.2) is 18.2 Å². The summed E-state index contributed by atoms with van der Waals surface area (Å²) in [5.74, 6) is 0.813. The van der Waals surface area contributed by atoms with Crippen LogP contribution >= 0.6 is 0 Å². The lowest BCUT2D eigenvalue weighted by atomic mass is 10.1. The quantitative estimate of drug-likeness (QED) is 0.890. The van der Waals surface area contributed by atoms with E-state index in [1.165, 1.54) is 19.3 Å². The van der Waals surface area contributed by atoms with Crippen molar-refractivity contribution in [2.24, 2.45) is 0 Å². The number of pyridine rings is 1. The lowest BCUT2D eigenvalue weighted by Gasteiger charge is -2.28. The minimum Gasteiger partial charge on any atom is -0.357 e. The molecule has 4 nitrogen and oxygen atoms in total. The minimum absolute atomic E-state index is 0.105. The summed E-state index contributed by atoms with van der Waals surface area (Å²) in [6.07, 6.45) is 3.71. The third-order valence-electron chi connectivity index (χ3n) is 3.14. The molecule has 2 rings (SSSR count). The van der Waals surface area contributed by atoms with Crippen molar-refractivity contribution < 1.29 is 4.79 Å². The maximum Gasteiger partial charge on any atom is 0.270 e. The first-order valence-electron chi connectivity index (χ1n) is 7.00. The Morgan fingerprint density at radius 1 is 1.21 bits per heavy atom. The van der Waals surface area contributed by atoms with Crippen molar-refractivity contribution in [1.82, 2.24) is 10.3 Å². The van der Waals surface area contributed by atoms with Crippen molar-refractivity contribution in [2.75, 3.05) is 18.0 Å². The number of nitrogens with zero attached hydrogens (tertiary/aromatic N) is 2. The SMILES string of the molecule is CC(C)(C)NC(=O)c1cccc(N2CCCCC2)n1. The first-order chi connectivity index (χ1) is 8.96. The fourth-order valence-corrected chi connectivity index (χ4v) is 2.25. The Kier molecular flexibility index (Phi) is 4.08. The van der Waals surface area contributed by atoms with Crippen LogP contribution in [0.2, 0.25) is 0 Å². The number of carbonyl (C=O) groups is 1. The second kappa shape index (κ2) is 5.59. The van der Waals surface area contributed by atoms with Gasteiger partial charge in [-0.25, -0.2) is 4.98 Å². The molecule has 1 fully saturated rings. The van der Waals surface area contributed by atoms with Gasteiger partial charge < -0.3 is 10.2 Å². The van der Waals surface area contributed by atoms with Gasteiger partial charge in [-0.15, -0.1) is 0 Å². The van der Waals surface area contributed by atoms with Gasteiger partial charge in [-0.2, -0.15) is 0 Å². The number of amides is 1. The number of rotatable bonds is 2. The molecule has 1 aliphatic rings. The maximum absolute atomic E-state index is 12.1. The molecular formula is C15H23N3O. The van der Waals surface area contributed by atoms with E-state index < -0.39 is 0 Å². The third kappa shape index (κ3) is 3.94. The molecule has 0 saturated carbocycles. The standard InChI is InChI=1S/C15H23N3O/c1-15(2,3)17-14(19)12-8-7-9-13(16-12)18-10-5-4-6-11-18/h7-9H,4-6,10-11H2,1-3H3,(H,17,19). The van der Waals surface area contributed by atoms with Gasteiger partial charge in [0.2, 0.25) is 0 Å². The van der Waals surface area contributed by atoms with Crippen LogP contribution in [0.4, 0.5) is 5.82 Å². The van der Waals surface area contributed by atoms with E-state index in [2.05, 4.69) is 15.2 Å². The molecule has 0 spiro atoms.